The van der Waals surface area contributed by atoms with E-state index in [2.05, 4.69) is 40.0 Å². The van der Waals surface area contributed by atoms with Gasteiger partial charge in [0.1, 0.15) is 19.0 Å². The van der Waals surface area contributed by atoms with Gasteiger partial charge in [0.25, 0.3) is 0 Å². The van der Waals surface area contributed by atoms with Gasteiger partial charge in [-0.15, -0.1) is 22.7 Å². The summed E-state index contributed by atoms with van der Waals surface area (Å²) in [6, 6.07) is 0. The van der Waals surface area contributed by atoms with Gasteiger partial charge in [0, 0.05) is 16.0 Å². The molecule has 1 fully saturated rings. The molecule has 4 rings (SSSR count). The second-order valence-corrected chi connectivity index (χ2v) is 10.8. The maximum atomic E-state index is 6.34. The SMILES string of the molecule is CCCCc1c(CCC)csc1-c1sc(/C(C)=C2\OCCOC2=C(C)C)c2c1OCCC2. The van der Waals surface area contributed by atoms with Crippen LogP contribution < -0.4 is 4.74 Å². The highest BCUT2D eigenvalue weighted by atomic mass is 32.1. The lowest BCUT2D eigenvalue weighted by atomic mass is 9.98. The van der Waals surface area contributed by atoms with Crippen molar-refractivity contribution in [2.24, 2.45) is 0 Å². The quantitative estimate of drug-likeness (QED) is 0.407. The van der Waals surface area contributed by atoms with Crippen molar-refractivity contribution in [2.75, 3.05) is 19.8 Å². The second-order valence-electron chi connectivity index (χ2n) is 8.92. The molecule has 0 saturated carbocycles. The summed E-state index contributed by atoms with van der Waals surface area (Å²) in [4.78, 5) is 4.06. The van der Waals surface area contributed by atoms with Crippen LogP contribution in [0, 0.1) is 0 Å². The highest BCUT2D eigenvalue weighted by Crippen LogP contribution is 2.51. The van der Waals surface area contributed by atoms with Crippen molar-refractivity contribution < 1.29 is 14.2 Å². The van der Waals surface area contributed by atoms with Crippen molar-refractivity contribution in [1.29, 1.82) is 0 Å². The number of rotatable bonds is 7. The molecule has 2 aliphatic rings. The van der Waals surface area contributed by atoms with Crippen molar-refractivity contribution in [3.63, 3.8) is 0 Å². The zero-order chi connectivity index (χ0) is 22.7. The van der Waals surface area contributed by atoms with E-state index >= 15 is 0 Å². The zero-order valence-corrected chi connectivity index (χ0v) is 21.8. The Morgan fingerprint density at radius 3 is 2.41 bits per heavy atom. The Morgan fingerprint density at radius 2 is 1.69 bits per heavy atom. The third-order valence-electron chi connectivity index (χ3n) is 6.18. The van der Waals surface area contributed by atoms with E-state index in [0.717, 1.165) is 55.1 Å². The lowest BCUT2D eigenvalue weighted by molar-refractivity contribution is 0.0588. The first-order chi connectivity index (χ1) is 15.6. The van der Waals surface area contributed by atoms with Gasteiger partial charge in [-0.1, -0.05) is 26.7 Å². The maximum absolute atomic E-state index is 6.34. The molecule has 5 heteroatoms. The van der Waals surface area contributed by atoms with Crippen LogP contribution >= 0.6 is 22.7 Å². The smallest absolute Gasteiger partial charge is 0.165 e. The first-order valence-corrected chi connectivity index (χ1v) is 13.8. The number of fused-ring (bicyclic) bond motifs is 1. The van der Waals surface area contributed by atoms with Crippen molar-refractivity contribution in [2.45, 2.75) is 79.6 Å². The van der Waals surface area contributed by atoms with Gasteiger partial charge < -0.3 is 14.2 Å². The molecule has 0 radical (unpaired) electrons. The normalized spacial score (nSPS) is 17.3. The van der Waals surface area contributed by atoms with E-state index in [1.165, 1.54) is 50.6 Å². The minimum Gasteiger partial charge on any atom is -0.492 e. The first-order valence-electron chi connectivity index (χ1n) is 12.1. The molecule has 0 bridgehead atoms. The highest BCUT2D eigenvalue weighted by molar-refractivity contribution is 7.22. The van der Waals surface area contributed by atoms with E-state index in [1.807, 2.05) is 22.7 Å². The van der Waals surface area contributed by atoms with Crippen molar-refractivity contribution in [3.05, 3.63) is 44.0 Å². The first kappa shape index (κ1) is 23.4. The predicted octanol–water partition coefficient (Wildman–Crippen LogP) is 8.17. The minimum absolute atomic E-state index is 0.604. The Labute approximate surface area is 201 Å². The van der Waals surface area contributed by atoms with Crippen molar-refractivity contribution >= 4 is 28.2 Å². The Balaban J connectivity index is 1.85. The van der Waals surface area contributed by atoms with Gasteiger partial charge in [0.05, 0.1) is 16.4 Å². The van der Waals surface area contributed by atoms with Gasteiger partial charge in [-0.25, -0.2) is 0 Å². The molecule has 0 aromatic carbocycles. The fourth-order valence-electron chi connectivity index (χ4n) is 4.59. The van der Waals surface area contributed by atoms with Crippen molar-refractivity contribution in [3.8, 4) is 15.5 Å². The van der Waals surface area contributed by atoms with Gasteiger partial charge in [-0.05, 0) is 75.0 Å². The summed E-state index contributed by atoms with van der Waals surface area (Å²) in [6.07, 6.45) is 8.10. The third kappa shape index (κ3) is 4.51. The molecule has 0 aliphatic carbocycles. The fraction of sp³-hybridized carbons (Fsp3) is 0.556. The predicted molar refractivity (Wildman–Crippen MR) is 137 cm³/mol. The number of hydrogen-bond acceptors (Lipinski definition) is 5. The Bertz CT molecular complexity index is 1020. The Kier molecular flexibility index (Phi) is 7.67. The van der Waals surface area contributed by atoms with Crippen LogP contribution in [0.15, 0.2) is 22.5 Å². The number of thiophene rings is 2. The maximum Gasteiger partial charge on any atom is 0.165 e. The van der Waals surface area contributed by atoms with Crippen molar-refractivity contribution in [1.82, 2.24) is 0 Å². The van der Waals surface area contributed by atoms with Gasteiger partial charge in [-0.2, -0.15) is 0 Å². The molecule has 32 heavy (non-hydrogen) atoms. The summed E-state index contributed by atoms with van der Waals surface area (Å²) in [5, 5.41) is 2.39. The molecule has 2 aromatic rings. The minimum atomic E-state index is 0.604. The number of unbranched alkanes of at least 4 members (excludes halogenated alkanes) is 1. The lowest BCUT2D eigenvalue weighted by Gasteiger charge is -2.24. The average Bonchev–Trinajstić information content (AvgIpc) is 3.38. The van der Waals surface area contributed by atoms with E-state index in [0.29, 0.717) is 13.2 Å². The molecule has 1 saturated heterocycles. The summed E-state index contributed by atoms with van der Waals surface area (Å²) in [7, 11) is 0. The van der Waals surface area contributed by atoms with Gasteiger partial charge in [0.2, 0.25) is 0 Å². The topological polar surface area (TPSA) is 27.7 Å². The standard InChI is InChI=1S/C27H36O3S2/c1-6-8-11-20-19(10-7-2)16-31-26(20)27-24-21(12-9-13-28-24)25(32-27)18(5)23-22(17(3)4)29-14-15-30-23/h16H,6-15H2,1-5H3/b23-18-. The van der Waals surface area contributed by atoms with Gasteiger partial charge in [0.15, 0.2) is 11.5 Å². The molecule has 4 heterocycles. The number of aryl methyl sites for hydroxylation is 1. The van der Waals surface area contributed by atoms with E-state index in [9.17, 15) is 0 Å². The molecule has 3 nitrogen and oxygen atoms in total. The molecule has 0 N–H and O–H groups in total. The molecule has 0 unspecified atom stereocenters. The number of ether oxygens (including phenoxy) is 3. The average molecular weight is 473 g/mol. The zero-order valence-electron chi connectivity index (χ0n) is 20.2. The fourth-order valence-corrected chi connectivity index (χ4v) is 7.22. The second kappa shape index (κ2) is 10.5. The summed E-state index contributed by atoms with van der Waals surface area (Å²) >= 11 is 3.80. The van der Waals surface area contributed by atoms with Crippen LogP contribution in [0.5, 0.6) is 5.75 Å². The number of allylic oxidation sites excluding steroid dienone is 2. The van der Waals surface area contributed by atoms with Gasteiger partial charge in [-0.3, -0.25) is 0 Å². The van der Waals surface area contributed by atoms with Crippen LogP contribution in [0.25, 0.3) is 15.3 Å². The third-order valence-corrected chi connectivity index (χ3v) is 8.75. The Hall–Kier alpha value is -1.72. The molecule has 2 aromatic heterocycles. The van der Waals surface area contributed by atoms with E-state index in [4.69, 9.17) is 14.2 Å². The molecular weight excluding hydrogens is 436 g/mol. The largest absolute Gasteiger partial charge is 0.492 e. The monoisotopic (exact) mass is 472 g/mol. The number of hydrogen-bond donors (Lipinski definition) is 0. The van der Waals surface area contributed by atoms with Crippen LogP contribution in [0.3, 0.4) is 0 Å². The van der Waals surface area contributed by atoms with Crippen LogP contribution in [0.2, 0.25) is 0 Å². The van der Waals surface area contributed by atoms with Gasteiger partial charge >= 0.3 is 0 Å². The highest BCUT2D eigenvalue weighted by Gasteiger charge is 2.29. The lowest BCUT2D eigenvalue weighted by Crippen LogP contribution is -2.16. The molecule has 174 valence electrons. The summed E-state index contributed by atoms with van der Waals surface area (Å²) in [5.41, 5.74) is 6.78. The van der Waals surface area contributed by atoms with Crippen LogP contribution in [0.1, 0.15) is 81.9 Å². The molecule has 0 spiro atoms. The molecule has 0 atom stereocenters. The summed E-state index contributed by atoms with van der Waals surface area (Å²) < 4.78 is 18.5. The molecule has 2 aliphatic heterocycles. The molecule has 0 amide bonds. The van der Waals surface area contributed by atoms with E-state index < -0.39 is 0 Å². The van der Waals surface area contributed by atoms with Crippen LogP contribution in [-0.4, -0.2) is 19.8 Å². The summed E-state index contributed by atoms with van der Waals surface area (Å²) in [5.74, 6) is 2.93. The molecular formula is C27H36O3S2. The van der Waals surface area contributed by atoms with E-state index in [-0.39, 0.29) is 0 Å². The summed E-state index contributed by atoms with van der Waals surface area (Å²) in [6.45, 7) is 13.0. The van der Waals surface area contributed by atoms with Crippen LogP contribution in [-0.2, 0) is 28.7 Å². The van der Waals surface area contributed by atoms with Crippen LogP contribution in [0.4, 0.5) is 0 Å². The Morgan fingerprint density at radius 1 is 0.906 bits per heavy atom. The van der Waals surface area contributed by atoms with E-state index in [1.54, 1.807) is 5.56 Å².